The van der Waals surface area contributed by atoms with Gasteiger partial charge in [-0.25, -0.2) is 4.57 Å². The second-order valence-electron chi connectivity index (χ2n) is 17.1. The van der Waals surface area contributed by atoms with E-state index in [1.54, 1.807) is 6.08 Å². The van der Waals surface area contributed by atoms with Gasteiger partial charge < -0.3 is 19.8 Å². The lowest BCUT2D eigenvalue weighted by Gasteiger charge is -2.25. The van der Waals surface area contributed by atoms with Gasteiger partial charge in [-0.2, -0.15) is 0 Å². The molecular formula is C45H92N2O6P+. The zero-order chi connectivity index (χ0) is 40.0. The van der Waals surface area contributed by atoms with Crippen LogP contribution in [0.15, 0.2) is 12.2 Å². The van der Waals surface area contributed by atoms with E-state index in [0.717, 1.165) is 32.1 Å². The number of phosphoric ester groups is 1. The Kier molecular flexibility index (Phi) is 37.3. The minimum atomic E-state index is -4.32. The fourth-order valence-electron chi connectivity index (χ4n) is 6.81. The third kappa shape index (κ3) is 39.5. The molecule has 0 aromatic carbocycles. The van der Waals surface area contributed by atoms with Crippen LogP contribution in [0.3, 0.4) is 0 Å². The van der Waals surface area contributed by atoms with Crippen LogP contribution in [0.25, 0.3) is 0 Å². The van der Waals surface area contributed by atoms with Crippen molar-refractivity contribution in [2.45, 2.75) is 231 Å². The van der Waals surface area contributed by atoms with Crippen LogP contribution in [-0.4, -0.2) is 73.4 Å². The van der Waals surface area contributed by atoms with Crippen molar-refractivity contribution in [1.29, 1.82) is 0 Å². The van der Waals surface area contributed by atoms with Crippen molar-refractivity contribution in [1.82, 2.24) is 5.32 Å². The molecule has 0 fully saturated rings. The third-order valence-electron chi connectivity index (χ3n) is 10.5. The largest absolute Gasteiger partial charge is 0.472 e. The number of phosphoric acid groups is 1. The number of quaternary nitrogens is 1. The molecule has 1 amide bonds. The fraction of sp³-hybridized carbons (Fsp3) is 0.933. The van der Waals surface area contributed by atoms with Crippen molar-refractivity contribution in [2.24, 2.45) is 0 Å². The van der Waals surface area contributed by atoms with Crippen LogP contribution in [0.2, 0.25) is 0 Å². The molecule has 0 aromatic heterocycles. The fourth-order valence-corrected chi connectivity index (χ4v) is 7.54. The molecule has 322 valence electrons. The van der Waals surface area contributed by atoms with Gasteiger partial charge in [-0.15, -0.1) is 0 Å². The first kappa shape index (κ1) is 53.2. The molecule has 0 aliphatic carbocycles. The monoisotopic (exact) mass is 788 g/mol. The van der Waals surface area contributed by atoms with Gasteiger partial charge in [0.1, 0.15) is 13.2 Å². The minimum absolute atomic E-state index is 0.0639. The van der Waals surface area contributed by atoms with E-state index in [-0.39, 0.29) is 19.1 Å². The minimum Gasteiger partial charge on any atom is -0.387 e. The van der Waals surface area contributed by atoms with Crippen LogP contribution in [0, 0.1) is 0 Å². The summed E-state index contributed by atoms with van der Waals surface area (Å²) in [6.07, 6.45) is 43.3. The maximum atomic E-state index is 12.7. The molecule has 3 atom stereocenters. The van der Waals surface area contributed by atoms with Crippen LogP contribution < -0.4 is 5.32 Å². The van der Waals surface area contributed by atoms with Crippen molar-refractivity contribution in [2.75, 3.05) is 40.9 Å². The molecule has 0 aromatic rings. The third-order valence-corrected chi connectivity index (χ3v) is 11.5. The van der Waals surface area contributed by atoms with E-state index in [9.17, 15) is 19.4 Å². The Balaban J connectivity index is 4.05. The van der Waals surface area contributed by atoms with E-state index < -0.39 is 20.0 Å². The first-order valence-corrected chi connectivity index (χ1v) is 24.6. The number of nitrogens with one attached hydrogen (secondary N) is 1. The van der Waals surface area contributed by atoms with Gasteiger partial charge in [0.15, 0.2) is 0 Å². The molecule has 0 saturated carbocycles. The number of carbonyl (C=O) groups is 1. The summed E-state index contributed by atoms with van der Waals surface area (Å²) in [6, 6.07) is -0.837. The predicted octanol–water partition coefficient (Wildman–Crippen LogP) is 12.8. The standard InChI is InChI=1S/C45H91N2O6P/c1-6-8-10-12-14-15-16-17-18-19-20-21-22-23-24-25-26-27-28-29-30-31-32-33-34-36-38-44(48)43(46-45(49)39-37-35-13-11-9-7-2)42-53-54(50,51)52-41-40-47(3,4)5/h36,38,43-44,48H,6-35,37,39-42H2,1-5H3,(H-,46,49,50,51)/p+1/b38-36+. The predicted molar refractivity (Wildman–Crippen MR) is 231 cm³/mol. The van der Waals surface area contributed by atoms with Crippen LogP contribution in [0.5, 0.6) is 0 Å². The topological polar surface area (TPSA) is 105 Å². The van der Waals surface area contributed by atoms with E-state index in [1.807, 2.05) is 27.2 Å². The van der Waals surface area contributed by atoms with Crippen molar-refractivity contribution >= 4 is 13.7 Å². The van der Waals surface area contributed by atoms with Crippen molar-refractivity contribution in [3.05, 3.63) is 12.2 Å². The van der Waals surface area contributed by atoms with E-state index in [0.29, 0.717) is 17.4 Å². The van der Waals surface area contributed by atoms with Crippen LogP contribution in [-0.2, 0) is 18.4 Å². The highest BCUT2D eigenvalue weighted by molar-refractivity contribution is 7.47. The van der Waals surface area contributed by atoms with Gasteiger partial charge in [-0.1, -0.05) is 206 Å². The molecule has 54 heavy (non-hydrogen) atoms. The number of hydrogen-bond donors (Lipinski definition) is 3. The van der Waals surface area contributed by atoms with E-state index in [4.69, 9.17) is 9.05 Å². The maximum Gasteiger partial charge on any atom is 0.472 e. The Bertz CT molecular complexity index is 896. The molecule has 3 N–H and O–H groups in total. The van der Waals surface area contributed by atoms with E-state index >= 15 is 0 Å². The molecule has 0 rings (SSSR count). The summed E-state index contributed by atoms with van der Waals surface area (Å²) in [6.45, 7) is 4.76. The lowest BCUT2D eigenvalue weighted by Crippen LogP contribution is -2.45. The molecular weight excluding hydrogens is 695 g/mol. The summed E-state index contributed by atoms with van der Waals surface area (Å²) < 4.78 is 23.4. The lowest BCUT2D eigenvalue weighted by atomic mass is 10.0. The smallest absolute Gasteiger partial charge is 0.387 e. The van der Waals surface area contributed by atoms with Gasteiger partial charge in [0.05, 0.1) is 39.9 Å². The number of unbranched alkanes of at least 4 members (excludes halogenated alkanes) is 29. The Hall–Kier alpha value is -0.760. The molecule has 0 aliphatic rings. The molecule has 0 aliphatic heterocycles. The van der Waals surface area contributed by atoms with Gasteiger partial charge in [0, 0.05) is 6.42 Å². The number of carbonyl (C=O) groups excluding carboxylic acids is 1. The average molecular weight is 788 g/mol. The summed E-state index contributed by atoms with van der Waals surface area (Å²) in [4.78, 5) is 22.9. The number of allylic oxidation sites excluding steroid dienone is 1. The quantitative estimate of drug-likeness (QED) is 0.0246. The lowest BCUT2D eigenvalue weighted by molar-refractivity contribution is -0.870. The van der Waals surface area contributed by atoms with E-state index in [1.165, 1.54) is 167 Å². The summed E-state index contributed by atoms with van der Waals surface area (Å²) in [5.74, 6) is -0.185. The van der Waals surface area contributed by atoms with Gasteiger partial charge in [-0.05, 0) is 19.3 Å². The molecule has 0 heterocycles. The summed E-state index contributed by atoms with van der Waals surface area (Å²) >= 11 is 0. The second kappa shape index (κ2) is 37.8. The number of aliphatic hydroxyl groups is 1. The number of hydrogen-bond acceptors (Lipinski definition) is 5. The van der Waals surface area contributed by atoms with Gasteiger partial charge in [0.25, 0.3) is 0 Å². The van der Waals surface area contributed by atoms with Crippen molar-refractivity contribution in [3.8, 4) is 0 Å². The molecule has 0 saturated heterocycles. The van der Waals surface area contributed by atoms with Gasteiger partial charge >= 0.3 is 7.82 Å². The van der Waals surface area contributed by atoms with Crippen LogP contribution >= 0.6 is 7.82 Å². The molecule has 0 spiro atoms. The van der Waals surface area contributed by atoms with Crippen molar-refractivity contribution in [3.63, 3.8) is 0 Å². The summed E-state index contributed by atoms with van der Waals surface area (Å²) in [5.41, 5.74) is 0. The zero-order valence-corrected chi connectivity index (χ0v) is 37.4. The number of amides is 1. The van der Waals surface area contributed by atoms with Gasteiger partial charge in [-0.3, -0.25) is 13.8 Å². The average Bonchev–Trinajstić information content (AvgIpc) is 3.12. The number of rotatable bonds is 42. The van der Waals surface area contributed by atoms with Crippen LogP contribution in [0.1, 0.15) is 219 Å². The normalized spacial score (nSPS) is 14.4. The maximum absolute atomic E-state index is 12.7. The molecule has 0 bridgehead atoms. The number of nitrogens with zero attached hydrogens (tertiary/aromatic N) is 1. The molecule has 9 heteroatoms. The first-order valence-electron chi connectivity index (χ1n) is 23.1. The Morgan fingerprint density at radius 2 is 0.981 bits per heavy atom. The molecule has 3 unspecified atom stereocenters. The molecule has 0 radical (unpaired) electrons. The first-order chi connectivity index (χ1) is 26.0. The van der Waals surface area contributed by atoms with E-state index in [2.05, 4.69) is 19.2 Å². The van der Waals surface area contributed by atoms with Crippen molar-refractivity contribution < 1.29 is 32.9 Å². The Morgan fingerprint density at radius 1 is 0.611 bits per heavy atom. The van der Waals surface area contributed by atoms with Gasteiger partial charge in [0.2, 0.25) is 5.91 Å². The molecule has 8 nitrogen and oxygen atoms in total. The Labute approximate surface area is 335 Å². The number of aliphatic hydroxyl groups excluding tert-OH is 1. The second-order valence-corrected chi connectivity index (χ2v) is 18.6. The summed E-state index contributed by atoms with van der Waals surface area (Å²) in [5, 5.41) is 13.7. The number of likely N-dealkylation sites (N-methyl/N-ethyl adjacent to an activating group) is 1. The van der Waals surface area contributed by atoms with Crippen LogP contribution in [0.4, 0.5) is 0 Å². The SMILES string of the molecule is CCCCCCCCCCCCCCCCCCCCCCCCCC/C=C/C(O)C(COP(=O)(O)OCC[N+](C)(C)C)NC(=O)CCCCCCCC. The summed E-state index contributed by atoms with van der Waals surface area (Å²) in [7, 11) is 1.58. The highest BCUT2D eigenvalue weighted by Crippen LogP contribution is 2.43. The Morgan fingerprint density at radius 3 is 1.37 bits per heavy atom. The highest BCUT2D eigenvalue weighted by Gasteiger charge is 2.27. The highest BCUT2D eigenvalue weighted by atomic mass is 31.2. The zero-order valence-electron chi connectivity index (χ0n) is 36.5.